The second kappa shape index (κ2) is 7.69. The number of fused-ring (bicyclic) bond motifs is 1. The highest BCUT2D eigenvalue weighted by molar-refractivity contribution is 7.14. The van der Waals surface area contributed by atoms with E-state index in [4.69, 9.17) is 0 Å². The van der Waals surface area contributed by atoms with Crippen LogP contribution in [0.25, 0.3) is 0 Å². The highest BCUT2D eigenvalue weighted by Gasteiger charge is 2.32. The molecule has 3 aliphatic rings. The van der Waals surface area contributed by atoms with Crippen LogP contribution in [0.3, 0.4) is 0 Å². The van der Waals surface area contributed by atoms with E-state index in [1.165, 1.54) is 10.4 Å². The Balaban J connectivity index is 1.40. The van der Waals surface area contributed by atoms with Crippen LogP contribution in [0.15, 0.2) is 6.07 Å². The Hall–Kier alpha value is -1.40. The Bertz CT molecular complexity index is 673. The first-order valence-corrected chi connectivity index (χ1v) is 10.9. The predicted molar refractivity (Wildman–Crippen MR) is 104 cm³/mol. The minimum Gasteiger partial charge on any atom is -0.340 e. The zero-order chi connectivity index (χ0) is 18.1. The number of likely N-dealkylation sites (tertiary alicyclic amines) is 1. The van der Waals surface area contributed by atoms with Crippen molar-refractivity contribution in [1.82, 2.24) is 14.7 Å². The largest absolute Gasteiger partial charge is 0.340 e. The van der Waals surface area contributed by atoms with E-state index in [2.05, 4.69) is 22.8 Å². The van der Waals surface area contributed by atoms with Crippen molar-refractivity contribution in [3.05, 3.63) is 21.4 Å². The number of aryl methyl sites for hydroxylation is 1. The summed E-state index contributed by atoms with van der Waals surface area (Å²) in [6.07, 6.45) is 4.93. The van der Waals surface area contributed by atoms with Crippen molar-refractivity contribution in [2.24, 2.45) is 5.92 Å². The summed E-state index contributed by atoms with van der Waals surface area (Å²) in [6.45, 7) is 8.74. The summed E-state index contributed by atoms with van der Waals surface area (Å²) in [5, 5.41) is 0. The van der Waals surface area contributed by atoms with Crippen LogP contribution in [-0.4, -0.2) is 72.3 Å². The smallest absolute Gasteiger partial charge is 0.263 e. The molecule has 0 N–H and O–H groups in total. The van der Waals surface area contributed by atoms with Gasteiger partial charge in [-0.15, -0.1) is 11.3 Å². The number of hydrogen-bond acceptors (Lipinski definition) is 4. The van der Waals surface area contributed by atoms with Gasteiger partial charge in [-0.3, -0.25) is 9.59 Å². The third-order valence-electron chi connectivity index (χ3n) is 6.17. The average molecular weight is 376 g/mol. The lowest BCUT2D eigenvalue weighted by atomic mass is 9.87. The highest BCUT2D eigenvalue weighted by Crippen LogP contribution is 2.34. The first-order valence-electron chi connectivity index (χ1n) is 10.1. The summed E-state index contributed by atoms with van der Waals surface area (Å²) in [5.74, 6) is 0.616. The van der Waals surface area contributed by atoms with Crippen LogP contribution < -0.4 is 0 Å². The van der Waals surface area contributed by atoms with Gasteiger partial charge in [0.05, 0.1) is 4.88 Å². The summed E-state index contributed by atoms with van der Waals surface area (Å²) in [6, 6.07) is 2.08. The van der Waals surface area contributed by atoms with Crippen LogP contribution in [0, 0.1) is 5.92 Å². The zero-order valence-electron chi connectivity index (χ0n) is 15.7. The van der Waals surface area contributed by atoms with Gasteiger partial charge in [-0.05, 0) is 50.3 Å². The molecule has 2 aliphatic heterocycles. The summed E-state index contributed by atoms with van der Waals surface area (Å²) in [5.41, 5.74) is 1.24. The fourth-order valence-electron chi connectivity index (χ4n) is 4.46. The molecule has 1 aromatic rings. The van der Waals surface area contributed by atoms with Crippen molar-refractivity contribution >= 4 is 23.2 Å². The quantitative estimate of drug-likeness (QED) is 0.814. The minimum atomic E-state index is 0.0972. The molecular weight excluding hydrogens is 346 g/mol. The lowest BCUT2D eigenvalue weighted by molar-refractivity contribution is -0.137. The zero-order valence-corrected chi connectivity index (χ0v) is 16.5. The molecule has 26 heavy (non-hydrogen) atoms. The van der Waals surface area contributed by atoms with Crippen LogP contribution in [0.4, 0.5) is 0 Å². The number of thiophene rings is 1. The highest BCUT2D eigenvalue weighted by atomic mass is 32.1. The van der Waals surface area contributed by atoms with Gasteiger partial charge in [-0.25, -0.2) is 0 Å². The van der Waals surface area contributed by atoms with E-state index in [0.717, 1.165) is 82.8 Å². The van der Waals surface area contributed by atoms with Gasteiger partial charge in [-0.2, -0.15) is 0 Å². The van der Waals surface area contributed by atoms with Crippen molar-refractivity contribution in [1.29, 1.82) is 0 Å². The number of amides is 2. The van der Waals surface area contributed by atoms with E-state index in [1.54, 1.807) is 11.3 Å². The fraction of sp³-hybridized carbons (Fsp3) is 0.700. The molecule has 1 aromatic heterocycles. The molecular formula is C20H29N3O2S. The lowest BCUT2D eigenvalue weighted by Crippen LogP contribution is -2.50. The van der Waals surface area contributed by atoms with Crippen LogP contribution in [-0.2, 0) is 17.6 Å². The van der Waals surface area contributed by atoms with Gasteiger partial charge in [0.25, 0.3) is 5.91 Å². The van der Waals surface area contributed by atoms with Gasteiger partial charge in [-0.1, -0.05) is 6.92 Å². The van der Waals surface area contributed by atoms with Gasteiger partial charge >= 0.3 is 0 Å². The van der Waals surface area contributed by atoms with Crippen molar-refractivity contribution < 1.29 is 9.59 Å². The normalized spacial score (nSPS) is 24.0. The molecule has 1 aliphatic carbocycles. The van der Waals surface area contributed by atoms with Crippen molar-refractivity contribution in [2.45, 2.75) is 39.0 Å². The number of carbonyl (C=O) groups is 2. The molecule has 2 fully saturated rings. The monoisotopic (exact) mass is 375 g/mol. The molecule has 0 bridgehead atoms. The second-order valence-electron chi connectivity index (χ2n) is 7.76. The third-order valence-corrected chi connectivity index (χ3v) is 7.39. The molecule has 4 rings (SSSR count). The summed E-state index contributed by atoms with van der Waals surface area (Å²) >= 11 is 1.66. The third kappa shape index (κ3) is 3.54. The predicted octanol–water partition coefficient (Wildman–Crippen LogP) is 2.25. The number of piperazine rings is 1. The molecule has 1 unspecified atom stereocenters. The van der Waals surface area contributed by atoms with Crippen LogP contribution in [0.2, 0.25) is 0 Å². The molecule has 3 heterocycles. The molecule has 2 amide bonds. The second-order valence-corrected chi connectivity index (χ2v) is 8.89. The van der Waals surface area contributed by atoms with Crippen molar-refractivity contribution in [2.75, 3.05) is 45.8 Å². The van der Waals surface area contributed by atoms with Gasteiger partial charge < -0.3 is 14.7 Å². The Labute approximate surface area is 159 Å². The number of likely N-dealkylation sites (N-methyl/N-ethyl adjacent to an activating group) is 1. The van der Waals surface area contributed by atoms with Gasteiger partial charge in [0.15, 0.2) is 0 Å². The molecule has 0 spiro atoms. The van der Waals surface area contributed by atoms with E-state index in [9.17, 15) is 9.59 Å². The molecule has 6 heteroatoms. The van der Waals surface area contributed by atoms with Crippen molar-refractivity contribution in [3.63, 3.8) is 0 Å². The SMILES string of the molecule is CCN1CCN(C(=O)C2CCc3sc(C(=O)N4CCCC4)cc3C2)CC1. The Morgan fingerprint density at radius 3 is 2.50 bits per heavy atom. The topological polar surface area (TPSA) is 43.9 Å². The number of rotatable bonds is 3. The molecule has 0 radical (unpaired) electrons. The first-order chi connectivity index (χ1) is 12.7. The van der Waals surface area contributed by atoms with Gasteiger partial charge in [0.2, 0.25) is 5.91 Å². The summed E-state index contributed by atoms with van der Waals surface area (Å²) < 4.78 is 0. The maximum Gasteiger partial charge on any atom is 0.263 e. The van der Waals surface area contributed by atoms with E-state index in [0.29, 0.717) is 5.91 Å². The Morgan fingerprint density at radius 1 is 1.08 bits per heavy atom. The number of hydrogen-bond donors (Lipinski definition) is 0. The maximum atomic E-state index is 12.9. The van der Waals surface area contributed by atoms with E-state index in [1.807, 2.05) is 4.90 Å². The molecule has 5 nitrogen and oxygen atoms in total. The van der Waals surface area contributed by atoms with E-state index < -0.39 is 0 Å². The van der Waals surface area contributed by atoms with Gasteiger partial charge in [0, 0.05) is 50.1 Å². The summed E-state index contributed by atoms with van der Waals surface area (Å²) in [4.78, 5) is 34.2. The standard InChI is InChI=1S/C20H29N3O2S/c1-2-21-9-11-23(12-10-21)19(24)15-5-6-17-16(13-15)14-18(26-17)20(25)22-7-3-4-8-22/h14-15H,2-13H2,1H3. The fourth-order valence-corrected chi connectivity index (χ4v) is 5.63. The minimum absolute atomic E-state index is 0.0972. The van der Waals surface area contributed by atoms with Crippen molar-refractivity contribution in [3.8, 4) is 0 Å². The first kappa shape index (κ1) is 18.0. The molecule has 0 saturated carbocycles. The molecule has 142 valence electrons. The number of carbonyl (C=O) groups excluding carboxylic acids is 2. The maximum absolute atomic E-state index is 12.9. The van der Waals surface area contributed by atoms with Gasteiger partial charge in [0.1, 0.15) is 0 Å². The molecule has 0 aromatic carbocycles. The number of nitrogens with zero attached hydrogens (tertiary/aromatic N) is 3. The average Bonchev–Trinajstić information content (AvgIpc) is 3.36. The molecule has 2 saturated heterocycles. The van der Waals surface area contributed by atoms with Crippen LogP contribution in [0.1, 0.15) is 46.3 Å². The van der Waals surface area contributed by atoms with Crippen LogP contribution in [0.5, 0.6) is 0 Å². The molecule has 1 atom stereocenters. The Morgan fingerprint density at radius 2 is 1.81 bits per heavy atom. The summed E-state index contributed by atoms with van der Waals surface area (Å²) in [7, 11) is 0. The Kier molecular flexibility index (Phi) is 5.32. The van der Waals surface area contributed by atoms with Crippen LogP contribution >= 0.6 is 11.3 Å². The van der Waals surface area contributed by atoms with E-state index in [-0.39, 0.29) is 11.8 Å². The lowest BCUT2D eigenvalue weighted by Gasteiger charge is -2.36. The van der Waals surface area contributed by atoms with E-state index >= 15 is 0 Å².